The molecule has 90 valence electrons. The van der Waals surface area contributed by atoms with Crippen LogP contribution in [-0.4, -0.2) is 11.2 Å². The predicted octanol–water partition coefficient (Wildman–Crippen LogP) is 2.79. The monoisotopic (exact) mass is 222 g/mol. The number of hydrogen-bond acceptors (Lipinski definition) is 3. The Morgan fingerprint density at radius 2 is 2.19 bits per heavy atom. The molecule has 0 saturated heterocycles. The Labute approximate surface area is 97.6 Å². The maximum Gasteiger partial charge on any atom is 0.145 e. The first-order valence-electron chi connectivity index (χ1n) is 6.22. The zero-order chi connectivity index (χ0) is 11.8. The lowest BCUT2D eigenvalue weighted by atomic mass is 9.77. The molecule has 1 aromatic heterocycles. The Bertz CT molecular complexity index is 366. The van der Waals surface area contributed by atoms with Crippen molar-refractivity contribution in [1.82, 2.24) is 10.5 Å². The van der Waals surface area contributed by atoms with Crippen LogP contribution in [0.1, 0.15) is 57.6 Å². The van der Waals surface area contributed by atoms with Gasteiger partial charge in [-0.1, -0.05) is 32.9 Å². The predicted molar refractivity (Wildman–Crippen MR) is 64.4 cm³/mol. The zero-order valence-electron chi connectivity index (χ0n) is 10.8. The van der Waals surface area contributed by atoms with Crippen molar-refractivity contribution in [3.63, 3.8) is 0 Å². The summed E-state index contributed by atoms with van der Waals surface area (Å²) in [5, 5.41) is 7.63. The van der Waals surface area contributed by atoms with Crippen LogP contribution < -0.4 is 5.32 Å². The zero-order valence-corrected chi connectivity index (χ0v) is 10.8. The molecule has 0 amide bonds. The molecule has 1 N–H and O–H groups in total. The van der Waals surface area contributed by atoms with E-state index in [4.69, 9.17) is 4.52 Å². The number of rotatable bonds is 3. The summed E-state index contributed by atoms with van der Waals surface area (Å²) in [6.45, 7) is 9.62. The number of aromatic nitrogens is 1. The summed E-state index contributed by atoms with van der Waals surface area (Å²) >= 11 is 0. The van der Waals surface area contributed by atoms with E-state index < -0.39 is 0 Å². The molecule has 2 rings (SSSR count). The summed E-state index contributed by atoms with van der Waals surface area (Å²) in [4.78, 5) is 0. The van der Waals surface area contributed by atoms with Gasteiger partial charge in [-0.15, -0.1) is 0 Å². The first kappa shape index (κ1) is 11.6. The van der Waals surface area contributed by atoms with Gasteiger partial charge < -0.3 is 9.84 Å². The van der Waals surface area contributed by atoms with Crippen LogP contribution in [-0.2, 0) is 18.4 Å². The van der Waals surface area contributed by atoms with Gasteiger partial charge in [0.15, 0.2) is 0 Å². The van der Waals surface area contributed by atoms with E-state index in [0.717, 1.165) is 24.4 Å². The molecule has 0 spiro atoms. The molecule has 3 heteroatoms. The molecule has 0 radical (unpaired) electrons. The van der Waals surface area contributed by atoms with Gasteiger partial charge in [0, 0.05) is 23.6 Å². The third-order valence-corrected chi connectivity index (χ3v) is 3.39. The van der Waals surface area contributed by atoms with Crippen LogP contribution in [0, 0.1) is 0 Å². The normalized spacial score (nSPS) is 18.8. The van der Waals surface area contributed by atoms with E-state index in [1.54, 1.807) is 0 Å². The van der Waals surface area contributed by atoms with Crippen molar-refractivity contribution in [1.29, 1.82) is 0 Å². The summed E-state index contributed by atoms with van der Waals surface area (Å²) in [7, 11) is 0. The van der Waals surface area contributed by atoms with Gasteiger partial charge in [0.25, 0.3) is 0 Å². The lowest BCUT2D eigenvalue weighted by Crippen LogP contribution is -2.25. The van der Waals surface area contributed by atoms with Crippen LogP contribution >= 0.6 is 0 Å². The SMILES string of the molecule is CC(C)NCc1noc2c1CCCC2(C)C. The van der Waals surface area contributed by atoms with Gasteiger partial charge in [-0.3, -0.25) is 0 Å². The van der Waals surface area contributed by atoms with E-state index in [2.05, 4.69) is 38.2 Å². The Kier molecular flexibility index (Phi) is 3.06. The molecule has 0 aliphatic heterocycles. The highest BCUT2D eigenvalue weighted by Gasteiger charge is 2.33. The molecule has 1 aliphatic rings. The molecule has 0 unspecified atom stereocenters. The van der Waals surface area contributed by atoms with E-state index in [0.29, 0.717) is 6.04 Å². The number of nitrogens with one attached hydrogen (secondary N) is 1. The maximum atomic E-state index is 5.54. The summed E-state index contributed by atoms with van der Waals surface area (Å²) in [5.74, 6) is 1.11. The molecular weight excluding hydrogens is 200 g/mol. The lowest BCUT2D eigenvalue weighted by Gasteiger charge is -2.27. The molecular formula is C13H22N2O. The smallest absolute Gasteiger partial charge is 0.145 e. The number of hydrogen-bond donors (Lipinski definition) is 1. The fourth-order valence-electron chi connectivity index (χ4n) is 2.39. The topological polar surface area (TPSA) is 38.1 Å². The molecule has 1 aliphatic carbocycles. The van der Waals surface area contributed by atoms with Gasteiger partial charge in [0.05, 0.1) is 0 Å². The van der Waals surface area contributed by atoms with Gasteiger partial charge in [0.2, 0.25) is 0 Å². The van der Waals surface area contributed by atoms with Crippen LogP contribution in [0.15, 0.2) is 4.52 Å². The van der Waals surface area contributed by atoms with Crippen LogP contribution in [0.3, 0.4) is 0 Å². The Balaban J connectivity index is 2.20. The first-order chi connectivity index (χ1) is 7.50. The van der Waals surface area contributed by atoms with Crippen molar-refractivity contribution >= 4 is 0 Å². The molecule has 0 fully saturated rings. The van der Waals surface area contributed by atoms with Crippen molar-refractivity contribution in [2.45, 2.75) is 65.0 Å². The minimum Gasteiger partial charge on any atom is -0.360 e. The number of nitrogens with zero attached hydrogens (tertiary/aromatic N) is 1. The summed E-state index contributed by atoms with van der Waals surface area (Å²) in [5.41, 5.74) is 2.62. The molecule has 0 saturated carbocycles. The Morgan fingerprint density at radius 1 is 1.44 bits per heavy atom. The van der Waals surface area contributed by atoms with Crippen molar-refractivity contribution < 1.29 is 4.52 Å². The highest BCUT2D eigenvalue weighted by Crippen LogP contribution is 2.37. The molecule has 1 heterocycles. The molecule has 16 heavy (non-hydrogen) atoms. The van der Waals surface area contributed by atoms with Gasteiger partial charge >= 0.3 is 0 Å². The standard InChI is InChI=1S/C13H22N2O/c1-9(2)14-8-11-10-6-5-7-13(3,4)12(10)16-15-11/h9,14H,5-8H2,1-4H3. The van der Waals surface area contributed by atoms with Crippen LogP contribution in [0.2, 0.25) is 0 Å². The quantitative estimate of drug-likeness (QED) is 0.854. The third kappa shape index (κ3) is 2.14. The van der Waals surface area contributed by atoms with Crippen molar-refractivity contribution in [2.24, 2.45) is 0 Å². The molecule has 0 atom stereocenters. The molecule has 0 aromatic carbocycles. The summed E-state index contributed by atoms with van der Waals surface area (Å²) in [6.07, 6.45) is 3.57. The van der Waals surface area contributed by atoms with Crippen LogP contribution in [0.25, 0.3) is 0 Å². The van der Waals surface area contributed by atoms with Crippen LogP contribution in [0.5, 0.6) is 0 Å². The Morgan fingerprint density at radius 3 is 2.88 bits per heavy atom. The largest absolute Gasteiger partial charge is 0.360 e. The Hall–Kier alpha value is -0.830. The lowest BCUT2D eigenvalue weighted by molar-refractivity contribution is 0.286. The van der Waals surface area contributed by atoms with E-state index in [1.165, 1.54) is 18.4 Å². The van der Waals surface area contributed by atoms with Crippen molar-refractivity contribution in [3.8, 4) is 0 Å². The second-order valence-corrected chi connectivity index (χ2v) is 5.71. The fourth-order valence-corrected chi connectivity index (χ4v) is 2.39. The second-order valence-electron chi connectivity index (χ2n) is 5.71. The van der Waals surface area contributed by atoms with Gasteiger partial charge in [0.1, 0.15) is 11.5 Å². The van der Waals surface area contributed by atoms with Crippen LogP contribution in [0.4, 0.5) is 0 Å². The highest BCUT2D eigenvalue weighted by molar-refractivity contribution is 5.31. The highest BCUT2D eigenvalue weighted by atomic mass is 16.5. The minimum absolute atomic E-state index is 0.163. The fraction of sp³-hybridized carbons (Fsp3) is 0.769. The van der Waals surface area contributed by atoms with E-state index in [-0.39, 0.29) is 5.41 Å². The average molecular weight is 222 g/mol. The second kappa shape index (κ2) is 4.21. The molecule has 1 aromatic rings. The third-order valence-electron chi connectivity index (χ3n) is 3.39. The van der Waals surface area contributed by atoms with E-state index in [1.807, 2.05) is 0 Å². The summed E-state index contributed by atoms with van der Waals surface area (Å²) < 4.78 is 5.54. The molecule has 3 nitrogen and oxygen atoms in total. The first-order valence-corrected chi connectivity index (χ1v) is 6.22. The van der Waals surface area contributed by atoms with Crippen molar-refractivity contribution in [3.05, 3.63) is 17.0 Å². The number of fused-ring (bicyclic) bond motifs is 1. The molecule has 0 bridgehead atoms. The summed E-state index contributed by atoms with van der Waals surface area (Å²) in [6, 6.07) is 0.490. The van der Waals surface area contributed by atoms with Gasteiger partial charge in [-0.25, -0.2) is 0 Å². The maximum absolute atomic E-state index is 5.54. The van der Waals surface area contributed by atoms with E-state index in [9.17, 15) is 0 Å². The van der Waals surface area contributed by atoms with Gasteiger partial charge in [-0.05, 0) is 19.3 Å². The van der Waals surface area contributed by atoms with Crippen molar-refractivity contribution in [2.75, 3.05) is 0 Å². The average Bonchev–Trinajstić information content (AvgIpc) is 2.59. The van der Waals surface area contributed by atoms with Gasteiger partial charge in [-0.2, -0.15) is 0 Å². The minimum atomic E-state index is 0.163. The van der Waals surface area contributed by atoms with E-state index >= 15 is 0 Å².